The van der Waals surface area contributed by atoms with Crippen molar-refractivity contribution in [3.8, 4) is 0 Å². The molecule has 0 spiro atoms. The SMILES string of the molecule is CN=C(NCCn1cccn1)NCC1CC(=O)Nc2ccccc21. The summed E-state index contributed by atoms with van der Waals surface area (Å²) in [5.74, 6) is 0.923. The van der Waals surface area contributed by atoms with Gasteiger partial charge in [-0.25, -0.2) is 0 Å². The molecule has 0 radical (unpaired) electrons. The number of nitrogens with one attached hydrogen (secondary N) is 3. The van der Waals surface area contributed by atoms with Gasteiger partial charge in [0.05, 0.1) is 6.54 Å². The number of anilines is 1. The molecule has 2 heterocycles. The van der Waals surface area contributed by atoms with E-state index in [1.807, 2.05) is 35.1 Å². The van der Waals surface area contributed by atoms with Crippen LogP contribution >= 0.6 is 0 Å². The van der Waals surface area contributed by atoms with Gasteiger partial charge in [-0.3, -0.25) is 14.5 Å². The van der Waals surface area contributed by atoms with Gasteiger partial charge in [-0.05, 0) is 17.7 Å². The Morgan fingerprint density at radius 2 is 2.25 bits per heavy atom. The molecule has 24 heavy (non-hydrogen) atoms. The molecule has 2 aromatic rings. The molecule has 126 valence electrons. The van der Waals surface area contributed by atoms with Crippen molar-refractivity contribution in [2.24, 2.45) is 4.99 Å². The highest BCUT2D eigenvalue weighted by atomic mass is 16.1. The quantitative estimate of drug-likeness (QED) is 0.569. The van der Waals surface area contributed by atoms with E-state index in [-0.39, 0.29) is 11.8 Å². The molecule has 0 saturated heterocycles. The van der Waals surface area contributed by atoms with Crippen LogP contribution < -0.4 is 16.0 Å². The molecule has 1 aromatic carbocycles. The van der Waals surface area contributed by atoms with E-state index in [0.717, 1.165) is 30.3 Å². The van der Waals surface area contributed by atoms with Crippen molar-refractivity contribution < 1.29 is 4.79 Å². The minimum absolute atomic E-state index is 0.0575. The molecule has 1 amide bonds. The third kappa shape index (κ3) is 3.92. The maximum atomic E-state index is 11.9. The van der Waals surface area contributed by atoms with E-state index in [2.05, 4.69) is 32.1 Å². The fourth-order valence-corrected chi connectivity index (χ4v) is 2.85. The van der Waals surface area contributed by atoms with Crippen LogP contribution in [0.1, 0.15) is 17.9 Å². The predicted octanol–water partition coefficient (Wildman–Crippen LogP) is 1.17. The molecule has 3 N–H and O–H groups in total. The average Bonchev–Trinajstić information content (AvgIpc) is 3.11. The lowest BCUT2D eigenvalue weighted by molar-refractivity contribution is -0.116. The number of aromatic nitrogens is 2. The number of hydrogen-bond donors (Lipinski definition) is 3. The molecule has 7 heteroatoms. The van der Waals surface area contributed by atoms with E-state index in [0.29, 0.717) is 13.0 Å². The van der Waals surface area contributed by atoms with Crippen molar-refractivity contribution in [2.75, 3.05) is 25.5 Å². The number of carbonyl (C=O) groups is 1. The minimum atomic E-state index is 0.0575. The molecular weight excluding hydrogens is 304 g/mol. The summed E-state index contributed by atoms with van der Waals surface area (Å²) >= 11 is 0. The number of amides is 1. The first kappa shape index (κ1) is 16.0. The lowest BCUT2D eigenvalue weighted by Gasteiger charge is -2.26. The van der Waals surface area contributed by atoms with E-state index in [1.165, 1.54) is 0 Å². The molecule has 3 rings (SSSR count). The second-order valence-corrected chi connectivity index (χ2v) is 5.69. The van der Waals surface area contributed by atoms with Gasteiger partial charge in [0, 0.05) is 50.6 Å². The Labute approximate surface area is 141 Å². The Morgan fingerprint density at radius 3 is 3.04 bits per heavy atom. The highest BCUT2D eigenvalue weighted by Crippen LogP contribution is 2.31. The molecule has 1 aliphatic heterocycles. The summed E-state index contributed by atoms with van der Waals surface area (Å²) in [6, 6.07) is 9.84. The van der Waals surface area contributed by atoms with Crippen LogP contribution in [0, 0.1) is 0 Å². The number of rotatable bonds is 5. The molecule has 1 aliphatic rings. The third-order valence-electron chi connectivity index (χ3n) is 4.04. The second-order valence-electron chi connectivity index (χ2n) is 5.69. The molecule has 7 nitrogen and oxygen atoms in total. The fraction of sp³-hybridized carbons (Fsp3) is 0.353. The average molecular weight is 326 g/mol. The van der Waals surface area contributed by atoms with Crippen LogP contribution in [-0.2, 0) is 11.3 Å². The molecular formula is C17H22N6O. The van der Waals surface area contributed by atoms with Crippen molar-refractivity contribution in [1.82, 2.24) is 20.4 Å². The first-order valence-corrected chi connectivity index (χ1v) is 8.07. The van der Waals surface area contributed by atoms with Crippen LogP contribution in [-0.4, -0.2) is 41.8 Å². The lowest BCUT2D eigenvalue weighted by Crippen LogP contribution is -2.41. The topological polar surface area (TPSA) is 83.3 Å². The number of benzene rings is 1. The minimum Gasteiger partial charge on any atom is -0.356 e. The van der Waals surface area contributed by atoms with E-state index in [4.69, 9.17) is 0 Å². The second kappa shape index (κ2) is 7.63. The Morgan fingerprint density at radius 1 is 1.38 bits per heavy atom. The molecule has 0 bridgehead atoms. The number of aliphatic imine (C=N–C) groups is 1. The van der Waals surface area contributed by atoms with Crippen LogP contribution in [0.15, 0.2) is 47.7 Å². The molecule has 1 atom stereocenters. The Balaban J connectivity index is 1.53. The highest BCUT2D eigenvalue weighted by Gasteiger charge is 2.24. The lowest BCUT2D eigenvalue weighted by atomic mass is 9.90. The number of guanidine groups is 1. The fourth-order valence-electron chi connectivity index (χ4n) is 2.85. The summed E-state index contributed by atoms with van der Waals surface area (Å²) in [5.41, 5.74) is 2.07. The Hall–Kier alpha value is -2.83. The molecule has 1 aromatic heterocycles. The van der Waals surface area contributed by atoms with Gasteiger partial charge in [0.15, 0.2) is 5.96 Å². The van der Waals surface area contributed by atoms with Gasteiger partial charge in [-0.1, -0.05) is 18.2 Å². The summed E-state index contributed by atoms with van der Waals surface area (Å²) in [7, 11) is 1.74. The smallest absolute Gasteiger partial charge is 0.225 e. The van der Waals surface area contributed by atoms with Crippen molar-refractivity contribution in [3.63, 3.8) is 0 Å². The van der Waals surface area contributed by atoms with Crippen LogP contribution in [0.5, 0.6) is 0 Å². The summed E-state index contributed by atoms with van der Waals surface area (Å²) < 4.78 is 1.86. The highest BCUT2D eigenvalue weighted by molar-refractivity contribution is 5.94. The Bertz CT molecular complexity index is 710. The third-order valence-corrected chi connectivity index (χ3v) is 4.04. The summed E-state index contributed by atoms with van der Waals surface area (Å²) in [5, 5.41) is 13.7. The van der Waals surface area contributed by atoms with Crippen molar-refractivity contribution in [3.05, 3.63) is 48.3 Å². The van der Waals surface area contributed by atoms with Crippen molar-refractivity contribution in [2.45, 2.75) is 18.9 Å². The zero-order valence-corrected chi connectivity index (χ0v) is 13.7. The van der Waals surface area contributed by atoms with E-state index in [1.54, 1.807) is 13.2 Å². The van der Waals surface area contributed by atoms with Gasteiger partial charge in [0.25, 0.3) is 0 Å². The first-order chi connectivity index (χ1) is 11.8. The summed E-state index contributed by atoms with van der Waals surface area (Å²) in [6.45, 7) is 2.15. The number of para-hydroxylation sites is 1. The van der Waals surface area contributed by atoms with Gasteiger partial charge >= 0.3 is 0 Å². The zero-order chi connectivity index (χ0) is 16.8. The van der Waals surface area contributed by atoms with Gasteiger partial charge in [-0.2, -0.15) is 5.10 Å². The van der Waals surface area contributed by atoms with Gasteiger partial charge in [0.2, 0.25) is 5.91 Å². The standard InChI is InChI=1S/C17H22N6O/c1-18-17(19-8-10-23-9-4-7-21-23)20-12-13-11-16(24)22-15-6-3-2-5-14(13)15/h2-7,9,13H,8,10-12H2,1H3,(H,22,24)(H2,18,19,20). The number of carbonyl (C=O) groups excluding carboxylic acids is 1. The van der Waals surface area contributed by atoms with E-state index in [9.17, 15) is 4.79 Å². The molecule has 0 aliphatic carbocycles. The van der Waals surface area contributed by atoms with Crippen molar-refractivity contribution >= 4 is 17.6 Å². The van der Waals surface area contributed by atoms with Crippen LogP contribution in [0.3, 0.4) is 0 Å². The van der Waals surface area contributed by atoms with E-state index >= 15 is 0 Å². The van der Waals surface area contributed by atoms with E-state index < -0.39 is 0 Å². The van der Waals surface area contributed by atoms with Gasteiger partial charge in [-0.15, -0.1) is 0 Å². The number of fused-ring (bicyclic) bond motifs is 1. The van der Waals surface area contributed by atoms with Crippen molar-refractivity contribution in [1.29, 1.82) is 0 Å². The van der Waals surface area contributed by atoms with Crippen LogP contribution in [0.25, 0.3) is 0 Å². The Kier molecular flexibility index (Phi) is 5.10. The molecule has 0 saturated carbocycles. The maximum Gasteiger partial charge on any atom is 0.225 e. The normalized spacial score (nSPS) is 17.1. The van der Waals surface area contributed by atoms with Crippen LogP contribution in [0.4, 0.5) is 5.69 Å². The first-order valence-electron chi connectivity index (χ1n) is 8.07. The summed E-state index contributed by atoms with van der Waals surface area (Å²) in [4.78, 5) is 16.1. The van der Waals surface area contributed by atoms with Gasteiger partial charge in [0.1, 0.15) is 0 Å². The monoisotopic (exact) mass is 326 g/mol. The molecule has 1 unspecified atom stereocenters. The number of nitrogens with zero attached hydrogens (tertiary/aromatic N) is 3. The maximum absolute atomic E-state index is 11.9. The van der Waals surface area contributed by atoms with Crippen LogP contribution in [0.2, 0.25) is 0 Å². The largest absolute Gasteiger partial charge is 0.356 e. The van der Waals surface area contributed by atoms with Gasteiger partial charge < -0.3 is 16.0 Å². The zero-order valence-electron chi connectivity index (χ0n) is 13.7. The predicted molar refractivity (Wildman–Crippen MR) is 94.0 cm³/mol. The summed E-state index contributed by atoms with van der Waals surface area (Å²) in [6.07, 6.45) is 4.17. The number of hydrogen-bond acceptors (Lipinski definition) is 3. The molecule has 0 fully saturated rings.